The minimum Gasteiger partial charge on any atom is -0.481 e. The van der Waals surface area contributed by atoms with E-state index in [0.717, 1.165) is 11.9 Å². The lowest BCUT2D eigenvalue weighted by atomic mass is 9.64. The maximum absolute atomic E-state index is 12.9. The van der Waals surface area contributed by atoms with Crippen LogP contribution in [0, 0.1) is 4.91 Å². The van der Waals surface area contributed by atoms with Crippen LogP contribution < -0.4 is 10.6 Å². The summed E-state index contributed by atoms with van der Waals surface area (Å²) in [6.07, 6.45) is 1.30. The van der Waals surface area contributed by atoms with Crippen LogP contribution in [0.25, 0.3) is 0 Å². The number of hydrogen-bond acceptors (Lipinski definition) is 6. The lowest BCUT2D eigenvalue weighted by molar-refractivity contribution is -0.146. The lowest BCUT2D eigenvalue weighted by Gasteiger charge is -2.48. The van der Waals surface area contributed by atoms with Crippen LogP contribution in [0.4, 0.5) is 11.4 Å². The number of piperidine rings is 1. The highest BCUT2D eigenvalue weighted by molar-refractivity contribution is 7.99. The quantitative estimate of drug-likeness (QED) is 0.325. The van der Waals surface area contributed by atoms with Gasteiger partial charge in [0.1, 0.15) is 5.41 Å². The van der Waals surface area contributed by atoms with Gasteiger partial charge in [0.25, 0.3) is 0 Å². The van der Waals surface area contributed by atoms with Crippen molar-refractivity contribution in [1.29, 1.82) is 0 Å². The molecule has 1 saturated heterocycles. The standard InChI is InChI=1S/C21H23Cl2N3O3S/c1-2-21(19(27)28,20(30-26-29)10-12-24-13-11-20)14-6-3-4-9-17(14)25-18-15(22)7-5-8-16(18)23/h3-9,24-25H,2,10-13H2,1H3,(H,27,28). The maximum atomic E-state index is 12.9. The predicted octanol–water partition coefficient (Wildman–Crippen LogP) is 6.01. The molecule has 0 bridgehead atoms. The number of carboxylic acid groups (broad SMARTS) is 1. The molecular weight excluding hydrogens is 445 g/mol. The highest BCUT2D eigenvalue weighted by Crippen LogP contribution is 2.54. The zero-order valence-electron chi connectivity index (χ0n) is 16.5. The van der Waals surface area contributed by atoms with Gasteiger partial charge in [0, 0.05) is 22.2 Å². The first kappa shape index (κ1) is 22.9. The highest BCUT2D eigenvalue weighted by atomic mass is 35.5. The van der Waals surface area contributed by atoms with Crippen LogP contribution >= 0.6 is 35.1 Å². The summed E-state index contributed by atoms with van der Waals surface area (Å²) in [6, 6.07) is 12.4. The molecule has 0 saturated carbocycles. The average molecular weight is 468 g/mol. The van der Waals surface area contributed by atoms with Gasteiger partial charge in [0.05, 0.1) is 20.5 Å². The van der Waals surface area contributed by atoms with Crippen LogP contribution in [0.15, 0.2) is 47.0 Å². The number of carbonyl (C=O) groups is 1. The van der Waals surface area contributed by atoms with E-state index in [0.29, 0.717) is 59.3 Å². The monoisotopic (exact) mass is 467 g/mol. The molecule has 160 valence electrons. The summed E-state index contributed by atoms with van der Waals surface area (Å²) >= 11 is 13.5. The summed E-state index contributed by atoms with van der Waals surface area (Å²) in [4.78, 5) is 24.3. The molecule has 1 fully saturated rings. The van der Waals surface area contributed by atoms with Crippen LogP contribution in [0.1, 0.15) is 31.7 Å². The van der Waals surface area contributed by atoms with Crippen LogP contribution in [0.3, 0.4) is 0 Å². The van der Waals surface area contributed by atoms with E-state index in [9.17, 15) is 14.8 Å². The molecule has 0 radical (unpaired) electrons. The van der Waals surface area contributed by atoms with Crippen molar-refractivity contribution in [2.24, 2.45) is 4.58 Å². The highest BCUT2D eigenvalue weighted by Gasteiger charge is 2.59. The van der Waals surface area contributed by atoms with E-state index in [1.54, 1.807) is 36.4 Å². The van der Waals surface area contributed by atoms with Crippen LogP contribution in [-0.4, -0.2) is 28.9 Å². The molecule has 0 aliphatic carbocycles. The van der Waals surface area contributed by atoms with E-state index in [2.05, 4.69) is 15.2 Å². The molecule has 0 amide bonds. The Hall–Kier alpha value is -1.80. The third-order valence-electron chi connectivity index (χ3n) is 5.91. The zero-order chi connectivity index (χ0) is 21.8. The summed E-state index contributed by atoms with van der Waals surface area (Å²) in [6.45, 7) is 3.06. The van der Waals surface area contributed by atoms with Crippen LogP contribution in [-0.2, 0) is 10.2 Å². The second-order valence-electron chi connectivity index (χ2n) is 7.24. The van der Waals surface area contributed by atoms with Gasteiger partial charge in [-0.3, -0.25) is 4.79 Å². The molecule has 2 aromatic carbocycles. The molecule has 1 heterocycles. The Morgan fingerprint density at radius 2 is 1.83 bits per heavy atom. The molecule has 1 aliphatic heterocycles. The number of anilines is 2. The number of nitroso groups, excluding NO2 is 1. The Bertz CT molecular complexity index is 917. The summed E-state index contributed by atoms with van der Waals surface area (Å²) < 4.78 is 2.22. The second-order valence-corrected chi connectivity index (χ2v) is 9.17. The van der Waals surface area contributed by atoms with Gasteiger partial charge in [0.15, 0.2) is 0 Å². The Labute approximate surface area is 189 Å². The fourth-order valence-corrected chi connectivity index (χ4v) is 5.95. The Kier molecular flexibility index (Phi) is 7.29. The summed E-state index contributed by atoms with van der Waals surface area (Å²) in [5.74, 6) is -0.984. The first-order valence-electron chi connectivity index (χ1n) is 9.67. The van der Waals surface area contributed by atoms with Crippen molar-refractivity contribution in [2.75, 3.05) is 18.4 Å². The third kappa shape index (κ3) is 3.91. The SMILES string of the molecule is CCC(C(=O)O)(c1ccccc1Nc1c(Cl)cccc1Cl)C1(SN=O)CCNCC1. The third-order valence-corrected chi connectivity index (χ3v) is 7.72. The number of nitrogens with one attached hydrogen (secondary N) is 2. The van der Waals surface area contributed by atoms with E-state index in [1.807, 2.05) is 13.0 Å². The number of nitrogens with zero attached hydrogens (tertiary/aromatic N) is 1. The van der Waals surface area contributed by atoms with Gasteiger partial charge < -0.3 is 15.7 Å². The smallest absolute Gasteiger partial charge is 0.315 e. The molecule has 1 aliphatic rings. The number of halogens is 2. The van der Waals surface area contributed by atoms with Crippen molar-refractivity contribution in [3.05, 3.63) is 63.0 Å². The van der Waals surface area contributed by atoms with Gasteiger partial charge in [0.2, 0.25) is 0 Å². The van der Waals surface area contributed by atoms with E-state index < -0.39 is 16.1 Å². The van der Waals surface area contributed by atoms with Gasteiger partial charge in [-0.05, 0) is 56.1 Å². The Morgan fingerprint density at radius 1 is 1.20 bits per heavy atom. The normalized spacial score (nSPS) is 17.7. The largest absolute Gasteiger partial charge is 0.481 e. The van der Waals surface area contributed by atoms with Crippen molar-refractivity contribution in [3.63, 3.8) is 0 Å². The molecule has 30 heavy (non-hydrogen) atoms. The Balaban J connectivity index is 2.21. The first-order chi connectivity index (χ1) is 14.4. The molecular formula is C21H23Cl2N3O3S. The summed E-state index contributed by atoms with van der Waals surface area (Å²) in [7, 11) is 0. The van der Waals surface area contributed by atoms with E-state index >= 15 is 0 Å². The molecule has 1 unspecified atom stereocenters. The molecule has 6 nitrogen and oxygen atoms in total. The topological polar surface area (TPSA) is 90.8 Å². The van der Waals surface area contributed by atoms with Gasteiger partial charge in [-0.2, -0.15) is 0 Å². The van der Waals surface area contributed by atoms with Crippen LogP contribution in [0.2, 0.25) is 10.0 Å². The van der Waals surface area contributed by atoms with Gasteiger partial charge in [-0.25, -0.2) is 0 Å². The fraction of sp³-hybridized carbons (Fsp3) is 0.381. The lowest BCUT2D eigenvalue weighted by Crippen LogP contribution is -2.58. The van der Waals surface area contributed by atoms with Crippen LogP contribution in [0.5, 0.6) is 0 Å². The number of aliphatic carboxylic acids is 1. The van der Waals surface area contributed by atoms with Gasteiger partial charge >= 0.3 is 5.97 Å². The van der Waals surface area contributed by atoms with E-state index in [1.165, 1.54) is 0 Å². The maximum Gasteiger partial charge on any atom is 0.315 e. The van der Waals surface area contributed by atoms with Crippen molar-refractivity contribution >= 4 is 52.5 Å². The van der Waals surface area contributed by atoms with Crippen molar-refractivity contribution < 1.29 is 9.90 Å². The van der Waals surface area contributed by atoms with Gasteiger partial charge in [-0.15, -0.1) is 4.91 Å². The molecule has 0 aromatic heterocycles. The number of carboxylic acids is 1. The molecule has 9 heteroatoms. The number of benzene rings is 2. The Morgan fingerprint density at radius 3 is 2.40 bits per heavy atom. The average Bonchev–Trinajstić information content (AvgIpc) is 2.73. The zero-order valence-corrected chi connectivity index (χ0v) is 18.8. The predicted molar refractivity (Wildman–Crippen MR) is 124 cm³/mol. The summed E-state index contributed by atoms with van der Waals surface area (Å²) in [5, 5.41) is 17.9. The van der Waals surface area contributed by atoms with Crippen molar-refractivity contribution in [2.45, 2.75) is 36.3 Å². The second kappa shape index (κ2) is 9.56. The van der Waals surface area contributed by atoms with Gasteiger partial charge in [-0.1, -0.05) is 54.4 Å². The van der Waals surface area contributed by atoms with Crippen molar-refractivity contribution in [3.8, 4) is 0 Å². The van der Waals surface area contributed by atoms with E-state index in [-0.39, 0.29) is 0 Å². The van der Waals surface area contributed by atoms with E-state index in [4.69, 9.17) is 23.2 Å². The minimum atomic E-state index is -1.34. The summed E-state index contributed by atoms with van der Waals surface area (Å²) in [5.41, 5.74) is 0.324. The fourth-order valence-electron chi connectivity index (χ4n) is 4.43. The number of para-hydroxylation sites is 2. The minimum absolute atomic E-state index is 0.291. The first-order valence-corrected chi connectivity index (χ1v) is 11.2. The molecule has 3 N–H and O–H groups in total. The number of rotatable bonds is 8. The molecule has 0 spiro atoms. The molecule has 3 rings (SSSR count). The van der Waals surface area contributed by atoms with Crippen molar-refractivity contribution in [1.82, 2.24) is 5.32 Å². The number of hydrogen-bond donors (Lipinski definition) is 3. The molecule has 2 aromatic rings. The molecule has 1 atom stereocenters.